The van der Waals surface area contributed by atoms with Crippen molar-refractivity contribution in [3.05, 3.63) is 0 Å². The number of amides is 1. The van der Waals surface area contributed by atoms with Crippen LogP contribution in [0.3, 0.4) is 0 Å². The van der Waals surface area contributed by atoms with Crippen LogP contribution in [0, 0.1) is 28.6 Å². The molecular weight excluding hydrogens is 262 g/mol. The second-order valence-electron chi connectivity index (χ2n) is 9.04. The maximum Gasteiger partial charge on any atom is 0.220 e. The highest BCUT2D eigenvalue weighted by atomic mass is 16.2. The van der Waals surface area contributed by atoms with Gasteiger partial charge in [-0.25, -0.2) is 0 Å². The summed E-state index contributed by atoms with van der Waals surface area (Å²) in [5.41, 5.74) is -0.0996. The summed E-state index contributed by atoms with van der Waals surface area (Å²) in [5.74, 6) is 2.83. The average Bonchev–Trinajstić information content (AvgIpc) is 2.32. The summed E-state index contributed by atoms with van der Waals surface area (Å²) in [5, 5.41) is 2.88. The van der Waals surface area contributed by atoms with Crippen LogP contribution in [0.5, 0.6) is 0 Å². The van der Waals surface area contributed by atoms with Gasteiger partial charge < -0.3 is 5.32 Å². The highest BCUT2D eigenvalue weighted by Gasteiger charge is 2.51. The molecule has 4 rings (SSSR count). The second kappa shape index (κ2) is 5.10. The van der Waals surface area contributed by atoms with Gasteiger partial charge in [0.1, 0.15) is 0 Å². The van der Waals surface area contributed by atoms with Gasteiger partial charge in [0.05, 0.1) is 6.54 Å². The minimum Gasteiger partial charge on any atom is -0.349 e. The quantitative estimate of drug-likeness (QED) is 0.863. The Hall–Kier alpha value is -0.860. The maximum absolute atomic E-state index is 12.3. The SMILES string of the molecule is CC(C)(C)C(=O)CNC(=O)CC12CC3CC(CC(C3)C1)C2. The van der Waals surface area contributed by atoms with Gasteiger partial charge >= 0.3 is 0 Å². The van der Waals surface area contributed by atoms with Gasteiger partial charge in [0, 0.05) is 11.8 Å². The molecule has 3 nitrogen and oxygen atoms in total. The molecule has 0 radical (unpaired) electrons. The van der Waals surface area contributed by atoms with Crippen LogP contribution in [0.15, 0.2) is 0 Å². The van der Waals surface area contributed by atoms with E-state index in [1.165, 1.54) is 38.5 Å². The Morgan fingerprint density at radius 1 is 1.00 bits per heavy atom. The second-order valence-corrected chi connectivity index (χ2v) is 9.04. The summed E-state index contributed by atoms with van der Waals surface area (Å²) >= 11 is 0. The molecule has 4 aliphatic rings. The first-order valence-corrected chi connectivity index (χ1v) is 8.56. The van der Waals surface area contributed by atoms with Gasteiger partial charge in [-0.2, -0.15) is 0 Å². The van der Waals surface area contributed by atoms with Crippen LogP contribution < -0.4 is 5.32 Å². The molecule has 4 fully saturated rings. The van der Waals surface area contributed by atoms with Crippen LogP contribution in [0.25, 0.3) is 0 Å². The van der Waals surface area contributed by atoms with Gasteiger partial charge in [0.15, 0.2) is 5.78 Å². The van der Waals surface area contributed by atoms with E-state index in [2.05, 4.69) is 5.32 Å². The smallest absolute Gasteiger partial charge is 0.220 e. The van der Waals surface area contributed by atoms with Gasteiger partial charge in [0.2, 0.25) is 5.91 Å². The van der Waals surface area contributed by atoms with E-state index in [1.807, 2.05) is 20.8 Å². The number of carbonyl (C=O) groups excluding carboxylic acids is 2. The van der Waals surface area contributed by atoms with Crippen LogP contribution in [0.2, 0.25) is 0 Å². The lowest BCUT2D eigenvalue weighted by Gasteiger charge is -2.56. The number of carbonyl (C=O) groups is 2. The summed E-state index contributed by atoms with van der Waals surface area (Å²) < 4.78 is 0. The van der Waals surface area contributed by atoms with E-state index in [1.54, 1.807) is 0 Å². The zero-order valence-corrected chi connectivity index (χ0v) is 13.7. The predicted molar refractivity (Wildman–Crippen MR) is 82.7 cm³/mol. The normalized spacial score (nSPS) is 37.6. The first-order chi connectivity index (χ1) is 9.76. The average molecular weight is 291 g/mol. The number of ketones is 1. The van der Waals surface area contributed by atoms with Gasteiger partial charge in [-0.05, 0) is 61.7 Å². The number of hydrogen-bond acceptors (Lipinski definition) is 2. The van der Waals surface area contributed by atoms with Crippen LogP contribution in [0.1, 0.15) is 65.7 Å². The first kappa shape index (κ1) is 15.1. The zero-order chi connectivity index (χ0) is 15.3. The van der Waals surface area contributed by atoms with Crippen LogP contribution >= 0.6 is 0 Å². The fraction of sp³-hybridized carbons (Fsp3) is 0.889. The summed E-state index contributed by atoms with van der Waals surface area (Å²) in [6, 6.07) is 0. The number of Topliss-reactive ketones (excluding diaryl/α,β-unsaturated/α-hetero) is 1. The first-order valence-electron chi connectivity index (χ1n) is 8.56. The fourth-order valence-electron chi connectivity index (χ4n) is 5.35. The van der Waals surface area contributed by atoms with Gasteiger partial charge in [-0.15, -0.1) is 0 Å². The van der Waals surface area contributed by atoms with Crippen molar-refractivity contribution >= 4 is 11.7 Å². The third-order valence-electron chi connectivity index (χ3n) is 5.98. The van der Waals surface area contributed by atoms with Gasteiger partial charge in [-0.1, -0.05) is 20.8 Å². The van der Waals surface area contributed by atoms with Gasteiger partial charge in [0.25, 0.3) is 0 Å². The minimum absolute atomic E-state index is 0.0922. The molecule has 0 aromatic carbocycles. The molecule has 1 amide bonds. The molecule has 0 heterocycles. The Labute approximate surface area is 128 Å². The molecule has 0 saturated heterocycles. The van der Waals surface area contributed by atoms with Crippen LogP contribution in [-0.2, 0) is 9.59 Å². The van der Waals surface area contributed by atoms with E-state index in [9.17, 15) is 9.59 Å². The monoisotopic (exact) mass is 291 g/mol. The lowest BCUT2D eigenvalue weighted by molar-refractivity contribution is -0.133. The Morgan fingerprint density at radius 2 is 1.48 bits per heavy atom. The highest BCUT2D eigenvalue weighted by molar-refractivity contribution is 5.89. The summed E-state index contributed by atoms with van der Waals surface area (Å²) in [6.07, 6.45) is 8.61. The van der Waals surface area contributed by atoms with Crippen molar-refractivity contribution in [1.29, 1.82) is 0 Å². The molecule has 21 heavy (non-hydrogen) atoms. The largest absolute Gasteiger partial charge is 0.349 e. The molecule has 4 saturated carbocycles. The molecule has 0 aromatic rings. The third kappa shape index (κ3) is 3.17. The van der Waals surface area contributed by atoms with E-state index in [0.717, 1.165) is 17.8 Å². The number of rotatable bonds is 4. The summed E-state index contributed by atoms with van der Waals surface area (Å²) in [7, 11) is 0. The lowest BCUT2D eigenvalue weighted by atomic mass is 9.49. The van der Waals surface area contributed by atoms with Crippen molar-refractivity contribution in [2.75, 3.05) is 6.54 Å². The fourth-order valence-corrected chi connectivity index (χ4v) is 5.35. The minimum atomic E-state index is -0.367. The zero-order valence-electron chi connectivity index (χ0n) is 13.7. The van der Waals surface area contributed by atoms with E-state index in [-0.39, 0.29) is 29.1 Å². The number of hydrogen-bond donors (Lipinski definition) is 1. The van der Waals surface area contributed by atoms with Crippen molar-refractivity contribution in [2.45, 2.75) is 65.7 Å². The van der Waals surface area contributed by atoms with Crippen LogP contribution in [-0.4, -0.2) is 18.2 Å². The topological polar surface area (TPSA) is 46.2 Å². The maximum atomic E-state index is 12.3. The molecule has 3 heteroatoms. The summed E-state index contributed by atoms with van der Waals surface area (Å²) in [6.45, 7) is 5.90. The Morgan fingerprint density at radius 3 is 1.90 bits per heavy atom. The molecule has 0 unspecified atom stereocenters. The molecule has 4 bridgehead atoms. The van der Waals surface area contributed by atoms with Crippen LogP contribution in [0.4, 0.5) is 0 Å². The highest BCUT2D eigenvalue weighted by Crippen LogP contribution is 2.61. The summed E-state index contributed by atoms with van der Waals surface area (Å²) in [4.78, 5) is 24.2. The van der Waals surface area contributed by atoms with E-state index in [4.69, 9.17) is 0 Å². The predicted octanol–water partition coefficient (Wildman–Crippen LogP) is 3.32. The molecular formula is C18H29NO2. The van der Waals surface area contributed by atoms with E-state index < -0.39 is 0 Å². The third-order valence-corrected chi connectivity index (χ3v) is 5.98. The van der Waals surface area contributed by atoms with Crippen molar-refractivity contribution < 1.29 is 9.59 Å². The lowest BCUT2D eigenvalue weighted by Crippen LogP contribution is -2.48. The van der Waals surface area contributed by atoms with Gasteiger partial charge in [-0.3, -0.25) is 9.59 Å². The van der Waals surface area contributed by atoms with E-state index in [0.29, 0.717) is 6.42 Å². The van der Waals surface area contributed by atoms with Crippen molar-refractivity contribution in [3.63, 3.8) is 0 Å². The van der Waals surface area contributed by atoms with E-state index >= 15 is 0 Å². The Bertz CT molecular complexity index is 411. The number of nitrogens with one attached hydrogen (secondary N) is 1. The van der Waals surface area contributed by atoms with Crippen molar-refractivity contribution in [3.8, 4) is 0 Å². The Kier molecular flexibility index (Phi) is 3.66. The molecule has 0 aromatic heterocycles. The molecule has 0 atom stereocenters. The standard InChI is InChI=1S/C18H29NO2/c1-17(2,3)15(20)11-19-16(21)10-18-7-12-4-13(8-18)6-14(5-12)9-18/h12-14H,4-11H2,1-3H3,(H,19,21). The molecule has 118 valence electrons. The van der Waals surface area contributed by atoms with Crippen molar-refractivity contribution in [2.24, 2.45) is 28.6 Å². The van der Waals surface area contributed by atoms with Crippen molar-refractivity contribution in [1.82, 2.24) is 5.32 Å². The Balaban J connectivity index is 1.54. The molecule has 4 aliphatic carbocycles. The molecule has 0 spiro atoms. The molecule has 1 N–H and O–H groups in total. The molecule has 0 aliphatic heterocycles.